The van der Waals surface area contributed by atoms with Crippen LogP contribution >= 0.6 is 0 Å². The molecule has 20 aromatic carbocycles. The molecule has 21 aromatic rings. The molecular weight excluding hydrogens is 1250 g/mol. The summed E-state index contributed by atoms with van der Waals surface area (Å²) in [5.74, 6) is 0. The van der Waals surface area contributed by atoms with Crippen LogP contribution in [-0.2, 0) is 5.41 Å². The normalized spacial score (nSPS) is 12.8. The molecule has 482 valence electrons. The van der Waals surface area contributed by atoms with Crippen molar-refractivity contribution in [3.63, 3.8) is 0 Å². The Morgan fingerprint density at radius 3 is 1.13 bits per heavy atom. The van der Waals surface area contributed by atoms with Crippen molar-refractivity contribution in [2.45, 2.75) is 19.3 Å². The zero-order valence-electron chi connectivity index (χ0n) is 57.4. The molecule has 104 heavy (non-hydrogen) atoms. The molecule has 0 aliphatic heterocycles. The zero-order valence-corrected chi connectivity index (χ0v) is 57.4. The van der Waals surface area contributed by atoms with E-state index in [0.29, 0.717) is 0 Å². The monoisotopic (exact) mass is 1320 g/mol. The largest absolute Gasteiger partial charge is 0.455 e. The van der Waals surface area contributed by atoms with Gasteiger partial charge in [-0.25, -0.2) is 0 Å². The fourth-order valence-corrected chi connectivity index (χ4v) is 18.7. The predicted molar refractivity (Wildman–Crippen MR) is 444 cm³/mol. The van der Waals surface area contributed by atoms with Gasteiger partial charge >= 0.3 is 0 Å². The minimum Gasteiger partial charge on any atom is -0.455 e. The Balaban J connectivity index is 0.808. The fourth-order valence-electron chi connectivity index (χ4n) is 18.7. The zero-order chi connectivity index (χ0) is 68.5. The van der Waals surface area contributed by atoms with Crippen LogP contribution in [0.1, 0.15) is 25.0 Å². The topological polar surface area (TPSA) is 13.1 Å². The molecule has 0 saturated heterocycles. The summed E-state index contributed by atoms with van der Waals surface area (Å²) in [6.07, 6.45) is 0. The van der Waals surface area contributed by atoms with Gasteiger partial charge in [-0.15, -0.1) is 0 Å². The third kappa shape index (κ3) is 8.56. The number of furan rings is 1. The second kappa shape index (κ2) is 22.4. The lowest BCUT2D eigenvalue weighted by atomic mass is 9.79. The molecular formula is C103H64O. The molecule has 0 unspecified atom stereocenters. The maximum absolute atomic E-state index is 7.05. The summed E-state index contributed by atoms with van der Waals surface area (Å²) in [6, 6.07) is 133. The third-order valence-electron chi connectivity index (χ3n) is 23.4. The first-order chi connectivity index (χ1) is 51.4. The molecule has 0 amide bonds. The SMILES string of the molecule is CC1(C)c2ccccc2-c2ccc(-c3c4ccccc4c(-c4cc5ccccc5c5ccccc45)c4ccc(-c5cccc6c(-c7ccc8c(-c9cccc%10c9oc9ccccc9%10)c9ccc(-c%10cccc%11ccccc%10%11)cc9c(-c9cc%10ccccc%10c%10ccccc9%10)c8c7)cccc56)cc34)cc21. The minimum atomic E-state index is -0.178. The molecule has 0 spiro atoms. The fraction of sp³-hybridized carbons (Fsp3) is 0.0291. The molecule has 0 N–H and O–H groups in total. The molecule has 1 heterocycles. The third-order valence-corrected chi connectivity index (χ3v) is 23.4. The van der Waals surface area contributed by atoms with Crippen molar-refractivity contribution in [3.8, 4) is 89.0 Å². The van der Waals surface area contributed by atoms with Crippen LogP contribution in [0, 0.1) is 0 Å². The number of rotatable bonds is 7. The van der Waals surface area contributed by atoms with Crippen LogP contribution in [0.25, 0.3) is 219 Å². The van der Waals surface area contributed by atoms with Crippen molar-refractivity contribution < 1.29 is 4.42 Å². The number of para-hydroxylation sites is 2. The summed E-state index contributed by atoms with van der Waals surface area (Å²) >= 11 is 0. The Morgan fingerprint density at radius 1 is 0.183 bits per heavy atom. The van der Waals surface area contributed by atoms with Gasteiger partial charge in [0, 0.05) is 27.3 Å². The summed E-state index contributed by atoms with van der Waals surface area (Å²) in [6.45, 7) is 4.79. The van der Waals surface area contributed by atoms with Crippen LogP contribution in [0.5, 0.6) is 0 Å². The van der Waals surface area contributed by atoms with Gasteiger partial charge in [0.1, 0.15) is 11.2 Å². The van der Waals surface area contributed by atoms with E-state index in [9.17, 15) is 0 Å². The summed E-state index contributed by atoms with van der Waals surface area (Å²) in [5, 5.41) is 26.5. The molecule has 0 fully saturated rings. The molecule has 1 aliphatic rings. The summed E-state index contributed by atoms with van der Waals surface area (Å²) in [7, 11) is 0. The van der Waals surface area contributed by atoms with Gasteiger partial charge in [0.05, 0.1) is 0 Å². The maximum Gasteiger partial charge on any atom is 0.143 e. The molecule has 0 bridgehead atoms. The first-order valence-corrected chi connectivity index (χ1v) is 36.4. The highest BCUT2D eigenvalue weighted by Gasteiger charge is 2.36. The molecule has 1 nitrogen and oxygen atoms in total. The Morgan fingerprint density at radius 2 is 0.538 bits per heavy atom. The highest BCUT2D eigenvalue weighted by molar-refractivity contribution is 6.30. The molecule has 22 rings (SSSR count). The average Bonchev–Trinajstić information content (AvgIpc) is 0.878. The Hall–Kier alpha value is -13.2. The number of hydrogen-bond donors (Lipinski definition) is 0. The average molecular weight is 1320 g/mol. The van der Waals surface area contributed by atoms with Crippen molar-refractivity contribution in [2.75, 3.05) is 0 Å². The lowest BCUT2D eigenvalue weighted by Gasteiger charge is -2.23. The number of hydrogen-bond acceptors (Lipinski definition) is 1. The van der Waals surface area contributed by atoms with Gasteiger partial charge in [-0.3, -0.25) is 0 Å². The lowest BCUT2D eigenvalue weighted by molar-refractivity contribution is 0.660. The van der Waals surface area contributed by atoms with Gasteiger partial charge in [0.15, 0.2) is 0 Å². The van der Waals surface area contributed by atoms with E-state index in [1.54, 1.807) is 0 Å². The molecule has 0 saturated carbocycles. The van der Waals surface area contributed by atoms with E-state index < -0.39 is 0 Å². The van der Waals surface area contributed by atoms with E-state index in [2.05, 4.69) is 366 Å². The van der Waals surface area contributed by atoms with E-state index >= 15 is 0 Å². The van der Waals surface area contributed by atoms with Gasteiger partial charge in [-0.1, -0.05) is 323 Å². The second-order valence-corrected chi connectivity index (χ2v) is 29.2. The molecule has 1 aromatic heterocycles. The molecule has 0 radical (unpaired) electrons. The van der Waals surface area contributed by atoms with Crippen LogP contribution in [0.15, 0.2) is 356 Å². The lowest BCUT2D eigenvalue weighted by Crippen LogP contribution is -2.14. The predicted octanol–water partition coefficient (Wildman–Crippen LogP) is 29.1. The first-order valence-electron chi connectivity index (χ1n) is 36.4. The number of fused-ring (bicyclic) bond motifs is 18. The van der Waals surface area contributed by atoms with Crippen LogP contribution < -0.4 is 0 Å². The Labute approximate surface area is 601 Å². The molecule has 1 heteroatoms. The van der Waals surface area contributed by atoms with Crippen molar-refractivity contribution in [1.82, 2.24) is 0 Å². The van der Waals surface area contributed by atoms with E-state index in [4.69, 9.17) is 4.42 Å². The van der Waals surface area contributed by atoms with Crippen molar-refractivity contribution in [3.05, 3.63) is 363 Å². The molecule has 0 atom stereocenters. The van der Waals surface area contributed by atoms with Crippen LogP contribution in [-0.4, -0.2) is 0 Å². The maximum atomic E-state index is 7.05. The van der Waals surface area contributed by atoms with Gasteiger partial charge in [-0.2, -0.15) is 0 Å². The van der Waals surface area contributed by atoms with Gasteiger partial charge in [0.2, 0.25) is 0 Å². The summed E-state index contributed by atoms with van der Waals surface area (Å²) in [5.41, 5.74) is 23.6. The van der Waals surface area contributed by atoms with Gasteiger partial charge in [-0.05, 0) is 239 Å². The summed E-state index contributed by atoms with van der Waals surface area (Å²) in [4.78, 5) is 0. The number of benzene rings is 20. The highest BCUT2D eigenvalue weighted by Crippen LogP contribution is 2.55. The van der Waals surface area contributed by atoms with Gasteiger partial charge in [0.25, 0.3) is 0 Å². The first kappa shape index (κ1) is 58.6. The van der Waals surface area contributed by atoms with Crippen molar-refractivity contribution >= 4 is 130 Å². The van der Waals surface area contributed by atoms with Crippen LogP contribution in [0.2, 0.25) is 0 Å². The van der Waals surface area contributed by atoms with E-state index in [0.717, 1.165) is 44.0 Å². The van der Waals surface area contributed by atoms with E-state index in [1.807, 2.05) is 0 Å². The van der Waals surface area contributed by atoms with E-state index in [1.165, 1.54) is 186 Å². The Bertz CT molecular complexity index is 7310. The van der Waals surface area contributed by atoms with Crippen molar-refractivity contribution in [2.24, 2.45) is 0 Å². The standard InChI is InChI=1S/C103H64O/c1-103(2)95-45-17-15-34-80(95)81-51-50-67(60-96(81)103)98-83-36-13-14-37-84(83)100(90-55-62-24-4-7-28-70(62)74-30-9-11-32-78(74)90)85-52-48-65(57-92(85)98)72-39-20-42-77-73(40-21-41-76(72)77)66-49-54-87-94(59-66)101(91-56-63-25-5-8-29-71(63)75-31-10-12-33-79(75)91)93-58-64(69-38-19-26-61-23-3-6-27-68(61)69)47-53-86(93)99(87)89-44-22-43-88-82-35-16-18-46-97(82)104-102(88)89/h3-60H,1-2H3. The van der Waals surface area contributed by atoms with E-state index in [-0.39, 0.29) is 5.41 Å². The minimum absolute atomic E-state index is 0.178. The van der Waals surface area contributed by atoms with Crippen LogP contribution in [0.4, 0.5) is 0 Å². The summed E-state index contributed by atoms with van der Waals surface area (Å²) < 4.78 is 7.05. The van der Waals surface area contributed by atoms with Crippen molar-refractivity contribution in [1.29, 1.82) is 0 Å². The van der Waals surface area contributed by atoms with Gasteiger partial charge < -0.3 is 4.42 Å². The quantitative estimate of drug-likeness (QED) is 0.114. The smallest absolute Gasteiger partial charge is 0.143 e. The van der Waals surface area contributed by atoms with Crippen LogP contribution in [0.3, 0.4) is 0 Å². The highest BCUT2D eigenvalue weighted by atomic mass is 16.3. The molecule has 1 aliphatic carbocycles. The Kier molecular flexibility index (Phi) is 12.6. The second-order valence-electron chi connectivity index (χ2n) is 29.2.